The predicted molar refractivity (Wildman–Crippen MR) is 71.8 cm³/mol. The number of thiophene rings is 1. The highest BCUT2D eigenvalue weighted by Gasteiger charge is 2.41. The first-order chi connectivity index (χ1) is 8.32. The quantitative estimate of drug-likeness (QED) is 0.627. The Morgan fingerprint density at radius 2 is 2.24 bits per heavy atom. The molecule has 1 saturated carbocycles. The second-order valence-electron chi connectivity index (χ2n) is 4.67. The van der Waals surface area contributed by atoms with Crippen molar-refractivity contribution >= 4 is 11.3 Å². The molecule has 3 N–H and O–H groups in total. The van der Waals surface area contributed by atoms with Crippen LogP contribution in [0, 0.1) is 0 Å². The van der Waals surface area contributed by atoms with E-state index in [1.165, 1.54) is 24.1 Å². The molecular weight excluding hydrogens is 232 g/mol. The Bertz CT molecular complexity index is 315. The van der Waals surface area contributed by atoms with Gasteiger partial charge in [0, 0.05) is 11.5 Å². The van der Waals surface area contributed by atoms with E-state index in [-0.39, 0.29) is 11.6 Å². The van der Waals surface area contributed by atoms with Crippen LogP contribution < -0.4 is 11.3 Å². The lowest BCUT2D eigenvalue weighted by Gasteiger charge is -2.42. The van der Waals surface area contributed by atoms with E-state index in [1.807, 2.05) is 0 Å². The largest absolute Gasteiger partial charge is 0.373 e. The van der Waals surface area contributed by atoms with Crippen molar-refractivity contribution in [3.63, 3.8) is 0 Å². The van der Waals surface area contributed by atoms with Gasteiger partial charge >= 0.3 is 0 Å². The maximum absolute atomic E-state index is 6.11. The molecule has 1 aliphatic carbocycles. The highest BCUT2D eigenvalue weighted by molar-refractivity contribution is 7.10. The molecule has 0 spiro atoms. The van der Waals surface area contributed by atoms with Gasteiger partial charge in [-0.25, -0.2) is 5.43 Å². The Kier molecular flexibility index (Phi) is 4.56. The zero-order valence-corrected chi connectivity index (χ0v) is 11.3. The first-order valence-corrected chi connectivity index (χ1v) is 7.34. The van der Waals surface area contributed by atoms with Gasteiger partial charge in [0.15, 0.2) is 0 Å². The molecule has 17 heavy (non-hydrogen) atoms. The zero-order valence-electron chi connectivity index (χ0n) is 10.4. The van der Waals surface area contributed by atoms with Gasteiger partial charge in [-0.05, 0) is 31.2 Å². The fourth-order valence-corrected chi connectivity index (χ4v) is 3.79. The molecule has 0 radical (unpaired) electrons. The van der Waals surface area contributed by atoms with Crippen LogP contribution in [0.1, 0.15) is 49.9 Å². The van der Waals surface area contributed by atoms with E-state index >= 15 is 0 Å². The van der Waals surface area contributed by atoms with E-state index in [0.29, 0.717) is 0 Å². The third kappa shape index (κ3) is 2.71. The summed E-state index contributed by atoms with van der Waals surface area (Å²) in [5.74, 6) is 5.79. The minimum Gasteiger partial charge on any atom is -0.373 e. The van der Waals surface area contributed by atoms with Crippen molar-refractivity contribution < 1.29 is 4.74 Å². The predicted octanol–water partition coefficient (Wildman–Crippen LogP) is 2.99. The van der Waals surface area contributed by atoms with E-state index in [2.05, 4.69) is 29.9 Å². The number of hydrogen-bond acceptors (Lipinski definition) is 4. The molecule has 1 unspecified atom stereocenters. The van der Waals surface area contributed by atoms with Crippen LogP contribution in [0.5, 0.6) is 0 Å². The maximum atomic E-state index is 6.11. The molecule has 1 atom stereocenters. The van der Waals surface area contributed by atoms with Crippen LogP contribution in [0.25, 0.3) is 0 Å². The summed E-state index contributed by atoms with van der Waals surface area (Å²) in [5, 5.41) is 2.10. The monoisotopic (exact) mass is 254 g/mol. The van der Waals surface area contributed by atoms with E-state index < -0.39 is 0 Å². The van der Waals surface area contributed by atoms with Gasteiger partial charge in [0.25, 0.3) is 0 Å². The second-order valence-corrected chi connectivity index (χ2v) is 5.65. The molecule has 1 aliphatic rings. The lowest BCUT2D eigenvalue weighted by molar-refractivity contribution is -0.0906. The number of nitrogens with one attached hydrogen (secondary N) is 1. The smallest absolute Gasteiger partial charge is 0.0897 e. The van der Waals surface area contributed by atoms with Crippen molar-refractivity contribution in [2.45, 2.75) is 50.7 Å². The van der Waals surface area contributed by atoms with Crippen molar-refractivity contribution in [1.29, 1.82) is 0 Å². The third-order valence-corrected chi connectivity index (χ3v) is 4.59. The van der Waals surface area contributed by atoms with Crippen molar-refractivity contribution in [3.8, 4) is 0 Å². The van der Waals surface area contributed by atoms with Crippen molar-refractivity contribution in [2.24, 2.45) is 5.84 Å². The molecular formula is C13H22N2OS. The van der Waals surface area contributed by atoms with Crippen molar-refractivity contribution in [1.82, 2.24) is 5.43 Å². The summed E-state index contributed by atoms with van der Waals surface area (Å²) in [6.07, 6.45) is 6.00. The summed E-state index contributed by atoms with van der Waals surface area (Å²) in [7, 11) is 0. The molecule has 4 heteroatoms. The van der Waals surface area contributed by atoms with Crippen LogP contribution in [0.4, 0.5) is 0 Å². The number of nitrogens with two attached hydrogens (primary N) is 1. The normalized spacial score (nSPS) is 21.3. The average Bonchev–Trinajstić information content (AvgIpc) is 2.85. The average molecular weight is 254 g/mol. The van der Waals surface area contributed by atoms with E-state index in [0.717, 1.165) is 19.4 Å². The fraction of sp³-hybridized carbons (Fsp3) is 0.692. The van der Waals surface area contributed by atoms with E-state index in [9.17, 15) is 0 Å². The third-order valence-electron chi connectivity index (χ3n) is 3.65. The highest BCUT2D eigenvalue weighted by Crippen LogP contribution is 2.42. The van der Waals surface area contributed by atoms with Crippen LogP contribution in [-0.4, -0.2) is 12.2 Å². The van der Waals surface area contributed by atoms with Gasteiger partial charge in [0.05, 0.1) is 11.6 Å². The first kappa shape index (κ1) is 13.0. The molecule has 0 saturated heterocycles. The minimum absolute atomic E-state index is 0.105. The standard InChI is InChI=1S/C13H22N2OS/c1-2-16-13(8-4-3-5-9-13)12(15-14)11-7-6-10-17-11/h6-7,10,12,15H,2-5,8-9,14H2,1H3. The van der Waals surface area contributed by atoms with E-state index in [4.69, 9.17) is 10.6 Å². The van der Waals surface area contributed by atoms with Crippen LogP contribution >= 0.6 is 11.3 Å². The summed E-state index contributed by atoms with van der Waals surface area (Å²) in [5.41, 5.74) is 2.88. The lowest BCUT2D eigenvalue weighted by atomic mass is 9.78. The topological polar surface area (TPSA) is 47.3 Å². The maximum Gasteiger partial charge on any atom is 0.0897 e. The fourth-order valence-electron chi connectivity index (χ4n) is 2.90. The molecule has 1 heterocycles. The summed E-state index contributed by atoms with van der Waals surface area (Å²) in [6.45, 7) is 2.82. The molecule has 3 nitrogen and oxygen atoms in total. The van der Waals surface area contributed by atoms with Gasteiger partial charge in [0.2, 0.25) is 0 Å². The first-order valence-electron chi connectivity index (χ1n) is 6.46. The van der Waals surface area contributed by atoms with Crippen molar-refractivity contribution in [2.75, 3.05) is 6.61 Å². The van der Waals surface area contributed by atoms with Crippen LogP contribution in [0.3, 0.4) is 0 Å². The number of ether oxygens (including phenoxy) is 1. The molecule has 2 rings (SSSR count). The molecule has 0 aliphatic heterocycles. The summed E-state index contributed by atoms with van der Waals surface area (Å²) < 4.78 is 6.11. The molecule has 0 aromatic carbocycles. The Labute approximate surface area is 107 Å². The van der Waals surface area contributed by atoms with Gasteiger partial charge in [-0.2, -0.15) is 0 Å². The lowest BCUT2D eigenvalue weighted by Crippen LogP contribution is -2.49. The number of rotatable bonds is 5. The Balaban J connectivity index is 2.23. The molecule has 1 aromatic heterocycles. The number of hydrazine groups is 1. The molecule has 0 amide bonds. The zero-order chi connectivity index (χ0) is 12.1. The Morgan fingerprint density at radius 1 is 1.47 bits per heavy atom. The van der Waals surface area contributed by atoms with Gasteiger partial charge in [-0.3, -0.25) is 5.84 Å². The van der Waals surface area contributed by atoms with Crippen LogP contribution in [-0.2, 0) is 4.74 Å². The van der Waals surface area contributed by atoms with Gasteiger partial charge in [-0.15, -0.1) is 11.3 Å². The molecule has 1 fully saturated rings. The molecule has 1 aromatic rings. The minimum atomic E-state index is -0.105. The summed E-state index contributed by atoms with van der Waals surface area (Å²) in [6, 6.07) is 4.35. The highest BCUT2D eigenvalue weighted by atomic mass is 32.1. The van der Waals surface area contributed by atoms with E-state index in [1.54, 1.807) is 11.3 Å². The summed E-state index contributed by atoms with van der Waals surface area (Å²) >= 11 is 1.75. The van der Waals surface area contributed by atoms with Crippen LogP contribution in [0.15, 0.2) is 17.5 Å². The second kappa shape index (κ2) is 5.96. The van der Waals surface area contributed by atoms with Gasteiger partial charge in [-0.1, -0.05) is 25.3 Å². The van der Waals surface area contributed by atoms with Crippen LogP contribution in [0.2, 0.25) is 0 Å². The number of hydrogen-bond donors (Lipinski definition) is 2. The van der Waals surface area contributed by atoms with Gasteiger partial charge < -0.3 is 4.74 Å². The molecule has 96 valence electrons. The molecule has 0 bridgehead atoms. The van der Waals surface area contributed by atoms with Crippen molar-refractivity contribution in [3.05, 3.63) is 22.4 Å². The SMILES string of the molecule is CCOC1(C(NN)c2cccs2)CCCCC1. The summed E-state index contributed by atoms with van der Waals surface area (Å²) in [4.78, 5) is 1.28. The van der Waals surface area contributed by atoms with Gasteiger partial charge in [0.1, 0.15) is 0 Å². The Hall–Kier alpha value is -0.420. The Morgan fingerprint density at radius 3 is 2.76 bits per heavy atom.